The van der Waals surface area contributed by atoms with Crippen LogP contribution in [-0.4, -0.2) is 36.6 Å². The summed E-state index contributed by atoms with van der Waals surface area (Å²) in [5.74, 6) is 1.12. The summed E-state index contributed by atoms with van der Waals surface area (Å²) in [6, 6.07) is 7.84. The van der Waals surface area contributed by atoms with Crippen LogP contribution in [0.1, 0.15) is 18.9 Å². The first-order valence-corrected chi connectivity index (χ1v) is 7.29. The second kappa shape index (κ2) is 6.99. The molecular formula is C15H21NO3S. The molecule has 0 N–H and O–H groups in total. The van der Waals surface area contributed by atoms with Crippen molar-refractivity contribution in [3.63, 3.8) is 0 Å². The molecule has 0 aliphatic carbocycles. The standard InChI is InChI=1S/C15H21NO3S/c1-3-19-15(17)14-9-12(10-16(14)20)8-11-4-6-13(18-2)7-5-11/h4-7,12,14,20H,3,8-10H2,1-2H3/t12-,14-/m0/s1. The molecule has 1 aliphatic rings. The van der Waals surface area contributed by atoms with Crippen LogP contribution in [0.15, 0.2) is 24.3 Å². The Labute approximate surface area is 125 Å². The minimum atomic E-state index is -0.221. The van der Waals surface area contributed by atoms with E-state index in [-0.39, 0.29) is 12.0 Å². The van der Waals surface area contributed by atoms with Crippen LogP contribution < -0.4 is 4.74 Å². The zero-order valence-electron chi connectivity index (χ0n) is 11.9. The summed E-state index contributed by atoms with van der Waals surface area (Å²) in [4.78, 5) is 11.8. The smallest absolute Gasteiger partial charge is 0.324 e. The summed E-state index contributed by atoms with van der Waals surface area (Å²) in [6.07, 6.45) is 1.74. The maximum absolute atomic E-state index is 11.8. The molecule has 0 aromatic heterocycles. The highest BCUT2D eigenvalue weighted by molar-refractivity contribution is 7.77. The first-order chi connectivity index (χ1) is 9.63. The van der Waals surface area contributed by atoms with Gasteiger partial charge in [-0.15, -0.1) is 0 Å². The van der Waals surface area contributed by atoms with E-state index in [0.717, 1.165) is 25.1 Å². The molecular weight excluding hydrogens is 274 g/mol. The third kappa shape index (κ3) is 3.67. The second-order valence-corrected chi connectivity index (χ2v) is 5.56. The maximum Gasteiger partial charge on any atom is 0.324 e. The van der Waals surface area contributed by atoms with Crippen LogP contribution in [0, 0.1) is 5.92 Å². The molecule has 2 rings (SSSR count). The highest BCUT2D eigenvalue weighted by Gasteiger charge is 2.36. The lowest BCUT2D eigenvalue weighted by Crippen LogP contribution is -2.31. The third-order valence-electron chi connectivity index (χ3n) is 3.60. The number of carbonyl (C=O) groups is 1. The first kappa shape index (κ1) is 15.2. The molecule has 0 bridgehead atoms. The Hall–Kier alpha value is -1.20. The zero-order valence-corrected chi connectivity index (χ0v) is 12.8. The average molecular weight is 295 g/mol. The molecule has 1 heterocycles. The lowest BCUT2D eigenvalue weighted by atomic mass is 9.97. The molecule has 0 spiro atoms. The molecule has 1 aromatic carbocycles. The normalized spacial score (nSPS) is 22.8. The van der Waals surface area contributed by atoms with E-state index in [1.807, 2.05) is 19.1 Å². The zero-order chi connectivity index (χ0) is 14.5. The minimum Gasteiger partial charge on any atom is -0.497 e. The monoisotopic (exact) mass is 295 g/mol. The van der Waals surface area contributed by atoms with Gasteiger partial charge in [0.05, 0.1) is 13.7 Å². The van der Waals surface area contributed by atoms with Crippen molar-refractivity contribution in [2.24, 2.45) is 5.92 Å². The van der Waals surface area contributed by atoms with Crippen molar-refractivity contribution in [1.29, 1.82) is 0 Å². The summed E-state index contributed by atoms with van der Waals surface area (Å²) in [6.45, 7) is 3.04. The molecule has 0 unspecified atom stereocenters. The Morgan fingerprint density at radius 1 is 1.40 bits per heavy atom. The lowest BCUT2D eigenvalue weighted by molar-refractivity contribution is -0.146. The van der Waals surface area contributed by atoms with E-state index in [0.29, 0.717) is 12.5 Å². The third-order valence-corrected chi connectivity index (χ3v) is 4.05. The highest BCUT2D eigenvalue weighted by atomic mass is 32.1. The number of carbonyl (C=O) groups excluding carboxylic acids is 1. The fourth-order valence-electron chi connectivity index (χ4n) is 2.60. The minimum absolute atomic E-state index is 0.167. The summed E-state index contributed by atoms with van der Waals surface area (Å²) < 4.78 is 12.0. The largest absolute Gasteiger partial charge is 0.497 e. The number of rotatable bonds is 5. The fourth-order valence-corrected chi connectivity index (χ4v) is 3.02. The topological polar surface area (TPSA) is 38.8 Å². The number of hydrogen-bond acceptors (Lipinski definition) is 5. The molecule has 1 aliphatic heterocycles. The van der Waals surface area contributed by atoms with Gasteiger partial charge in [0.25, 0.3) is 0 Å². The van der Waals surface area contributed by atoms with Gasteiger partial charge < -0.3 is 9.47 Å². The van der Waals surface area contributed by atoms with Gasteiger partial charge in [-0.25, -0.2) is 4.31 Å². The van der Waals surface area contributed by atoms with Gasteiger partial charge in [0.15, 0.2) is 0 Å². The molecule has 1 saturated heterocycles. The summed E-state index contributed by atoms with van der Waals surface area (Å²) >= 11 is 4.39. The molecule has 2 atom stereocenters. The van der Waals surface area contributed by atoms with E-state index < -0.39 is 0 Å². The lowest BCUT2D eigenvalue weighted by Gasteiger charge is -2.15. The van der Waals surface area contributed by atoms with Gasteiger partial charge in [-0.2, -0.15) is 0 Å². The SMILES string of the molecule is CCOC(=O)[C@@H]1C[C@H](Cc2ccc(OC)cc2)CN1S. The van der Waals surface area contributed by atoms with E-state index in [1.54, 1.807) is 11.4 Å². The van der Waals surface area contributed by atoms with E-state index in [9.17, 15) is 4.79 Å². The number of esters is 1. The molecule has 5 heteroatoms. The van der Waals surface area contributed by atoms with Gasteiger partial charge in [-0.1, -0.05) is 24.9 Å². The van der Waals surface area contributed by atoms with E-state index >= 15 is 0 Å². The number of ether oxygens (including phenoxy) is 2. The highest BCUT2D eigenvalue weighted by Crippen LogP contribution is 2.28. The van der Waals surface area contributed by atoms with Gasteiger partial charge in [-0.3, -0.25) is 4.79 Å². The second-order valence-electron chi connectivity index (χ2n) is 5.04. The quantitative estimate of drug-likeness (QED) is 0.668. The van der Waals surface area contributed by atoms with Crippen molar-refractivity contribution >= 4 is 18.8 Å². The van der Waals surface area contributed by atoms with E-state index in [1.165, 1.54) is 5.56 Å². The van der Waals surface area contributed by atoms with Crippen LogP contribution in [0.25, 0.3) is 0 Å². The first-order valence-electron chi connectivity index (χ1n) is 6.89. The van der Waals surface area contributed by atoms with Crippen LogP contribution in [0.4, 0.5) is 0 Å². The van der Waals surface area contributed by atoms with Gasteiger partial charge in [-0.05, 0) is 43.4 Å². The Morgan fingerprint density at radius 3 is 2.70 bits per heavy atom. The van der Waals surface area contributed by atoms with E-state index in [4.69, 9.17) is 9.47 Å². The van der Waals surface area contributed by atoms with Crippen LogP contribution in [-0.2, 0) is 16.0 Å². The molecule has 0 saturated carbocycles. The van der Waals surface area contributed by atoms with Crippen molar-refractivity contribution in [3.05, 3.63) is 29.8 Å². The van der Waals surface area contributed by atoms with Gasteiger partial charge in [0, 0.05) is 6.54 Å². The Kier molecular flexibility index (Phi) is 5.31. The van der Waals surface area contributed by atoms with Gasteiger partial charge in [0.2, 0.25) is 0 Å². The Morgan fingerprint density at radius 2 is 2.10 bits per heavy atom. The van der Waals surface area contributed by atoms with Gasteiger partial charge in [0.1, 0.15) is 11.8 Å². The van der Waals surface area contributed by atoms with Crippen molar-refractivity contribution in [2.45, 2.75) is 25.8 Å². The van der Waals surface area contributed by atoms with Crippen molar-refractivity contribution < 1.29 is 14.3 Å². The molecule has 110 valence electrons. The van der Waals surface area contributed by atoms with E-state index in [2.05, 4.69) is 24.9 Å². The predicted molar refractivity (Wildman–Crippen MR) is 80.9 cm³/mol. The van der Waals surface area contributed by atoms with Crippen molar-refractivity contribution in [1.82, 2.24) is 4.31 Å². The maximum atomic E-state index is 11.8. The Bertz CT molecular complexity index is 449. The number of hydrogen-bond donors (Lipinski definition) is 1. The number of benzene rings is 1. The van der Waals surface area contributed by atoms with Crippen LogP contribution in [0.2, 0.25) is 0 Å². The average Bonchev–Trinajstić information content (AvgIpc) is 2.81. The number of methoxy groups -OCH3 is 1. The summed E-state index contributed by atoms with van der Waals surface area (Å²) in [5, 5.41) is 0. The summed E-state index contributed by atoms with van der Waals surface area (Å²) in [5.41, 5.74) is 1.25. The van der Waals surface area contributed by atoms with Crippen molar-refractivity contribution in [3.8, 4) is 5.75 Å². The molecule has 0 radical (unpaired) electrons. The molecule has 1 fully saturated rings. The molecule has 0 amide bonds. The Balaban J connectivity index is 1.92. The van der Waals surface area contributed by atoms with Crippen LogP contribution in [0.3, 0.4) is 0 Å². The molecule has 4 nitrogen and oxygen atoms in total. The fraction of sp³-hybridized carbons (Fsp3) is 0.533. The number of thiol groups is 1. The van der Waals surface area contributed by atoms with Crippen LogP contribution in [0.5, 0.6) is 5.75 Å². The predicted octanol–water partition coefficient (Wildman–Crippen LogP) is 2.34. The number of nitrogens with zero attached hydrogens (tertiary/aromatic N) is 1. The molecule has 1 aromatic rings. The van der Waals surface area contributed by atoms with Crippen molar-refractivity contribution in [2.75, 3.05) is 20.3 Å². The molecule has 20 heavy (non-hydrogen) atoms. The summed E-state index contributed by atoms with van der Waals surface area (Å²) in [7, 11) is 1.66. The van der Waals surface area contributed by atoms with Gasteiger partial charge >= 0.3 is 5.97 Å². The van der Waals surface area contributed by atoms with Crippen LogP contribution >= 0.6 is 12.8 Å².